The molecule has 1 fully saturated rings. The zero-order chi connectivity index (χ0) is 11.9. The molecule has 1 nitrogen and oxygen atoms in total. The topological polar surface area (TPSA) is 9.23 Å². The van der Waals surface area contributed by atoms with Crippen LogP contribution in [0.15, 0.2) is 42.5 Å². The van der Waals surface area contributed by atoms with Gasteiger partial charge < -0.3 is 0 Å². The third-order valence-electron chi connectivity index (χ3n) is 3.29. The van der Waals surface area contributed by atoms with Gasteiger partial charge in [-0.2, -0.15) is 4.74 Å². The quantitative estimate of drug-likeness (QED) is 0.418. The molecule has 1 aromatic rings. The number of hydrogen-bond donors (Lipinski definition) is 0. The number of benzene rings is 1. The van der Waals surface area contributed by atoms with Gasteiger partial charge in [-0.15, -0.1) is 0 Å². The molecule has 0 saturated carbocycles. The molecular weight excluding hydrogens is 208 g/mol. The molecule has 0 N–H and O–H groups in total. The highest BCUT2D eigenvalue weighted by Gasteiger charge is 2.29. The molecule has 2 unspecified atom stereocenters. The fraction of sp³-hybridized carbons (Fsp3) is 0.438. The van der Waals surface area contributed by atoms with Crippen LogP contribution in [0.1, 0.15) is 31.7 Å². The van der Waals surface area contributed by atoms with Crippen LogP contribution in [0.3, 0.4) is 0 Å². The van der Waals surface area contributed by atoms with Crippen molar-refractivity contribution in [3.63, 3.8) is 0 Å². The Morgan fingerprint density at radius 2 is 2.18 bits per heavy atom. The molecule has 90 valence electrons. The van der Waals surface area contributed by atoms with E-state index in [4.69, 9.17) is 4.74 Å². The zero-order valence-electron chi connectivity index (χ0n) is 10.5. The van der Waals surface area contributed by atoms with Crippen LogP contribution in [0.4, 0.5) is 0 Å². The SMILES string of the molecule is CC1C[CH+]OC1/C=C/CCCc1ccccc1. The first-order valence-electron chi connectivity index (χ1n) is 6.54. The molecule has 0 amide bonds. The van der Waals surface area contributed by atoms with Crippen molar-refractivity contribution < 1.29 is 4.74 Å². The van der Waals surface area contributed by atoms with Crippen molar-refractivity contribution in [3.05, 3.63) is 54.7 Å². The summed E-state index contributed by atoms with van der Waals surface area (Å²) in [4.78, 5) is 0. The molecule has 1 saturated heterocycles. The van der Waals surface area contributed by atoms with E-state index >= 15 is 0 Å². The highest BCUT2D eigenvalue weighted by Crippen LogP contribution is 2.24. The summed E-state index contributed by atoms with van der Waals surface area (Å²) in [6.45, 7) is 4.17. The Morgan fingerprint density at radius 1 is 1.35 bits per heavy atom. The Morgan fingerprint density at radius 3 is 2.88 bits per heavy atom. The molecule has 1 aromatic carbocycles. The lowest BCUT2D eigenvalue weighted by Gasteiger charge is -2.03. The second-order valence-corrected chi connectivity index (χ2v) is 4.79. The number of aryl methyl sites for hydroxylation is 1. The van der Waals surface area contributed by atoms with Gasteiger partial charge in [0.15, 0.2) is 0 Å². The van der Waals surface area contributed by atoms with Gasteiger partial charge in [0.2, 0.25) is 6.61 Å². The van der Waals surface area contributed by atoms with E-state index in [-0.39, 0.29) is 0 Å². The summed E-state index contributed by atoms with van der Waals surface area (Å²) in [5.41, 5.74) is 1.43. The van der Waals surface area contributed by atoms with Crippen molar-refractivity contribution >= 4 is 0 Å². The van der Waals surface area contributed by atoms with E-state index in [1.807, 2.05) is 6.61 Å². The molecule has 1 aliphatic heterocycles. The Hall–Kier alpha value is -1.21. The first-order chi connectivity index (χ1) is 8.36. The number of rotatable bonds is 5. The summed E-state index contributed by atoms with van der Waals surface area (Å²) in [7, 11) is 0. The second kappa shape index (κ2) is 6.51. The molecule has 0 radical (unpaired) electrons. The van der Waals surface area contributed by atoms with E-state index in [1.165, 1.54) is 18.4 Å². The van der Waals surface area contributed by atoms with Gasteiger partial charge >= 0.3 is 0 Å². The second-order valence-electron chi connectivity index (χ2n) is 4.79. The molecule has 2 rings (SSSR count). The number of hydrogen-bond acceptors (Lipinski definition) is 1. The predicted molar refractivity (Wildman–Crippen MR) is 71.5 cm³/mol. The fourth-order valence-electron chi connectivity index (χ4n) is 2.12. The van der Waals surface area contributed by atoms with Gasteiger partial charge in [0.1, 0.15) is 12.5 Å². The highest BCUT2D eigenvalue weighted by atomic mass is 16.5. The van der Waals surface area contributed by atoms with Crippen LogP contribution in [-0.4, -0.2) is 6.10 Å². The summed E-state index contributed by atoms with van der Waals surface area (Å²) >= 11 is 0. The lowest BCUT2D eigenvalue weighted by Crippen LogP contribution is -2.08. The zero-order valence-corrected chi connectivity index (χ0v) is 10.5. The van der Waals surface area contributed by atoms with E-state index < -0.39 is 0 Å². The van der Waals surface area contributed by atoms with Gasteiger partial charge in [0, 0.05) is 5.92 Å². The molecule has 0 spiro atoms. The maximum atomic E-state index is 5.52. The predicted octanol–water partition coefficient (Wildman–Crippen LogP) is 4.15. The van der Waals surface area contributed by atoms with E-state index in [2.05, 4.69) is 49.4 Å². The van der Waals surface area contributed by atoms with Gasteiger partial charge in [-0.05, 0) is 24.8 Å². The van der Waals surface area contributed by atoms with Crippen molar-refractivity contribution in [1.82, 2.24) is 0 Å². The first kappa shape index (κ1) is 12.3. The molecular formula is C16H21O+. The average molecular weight is 229 g/mol. The molecule has 17 heavy (non-hydrogen) atoms. The monoisotopic (exact) mass is 229 g/mol. The van der Waals surface area contributed by atoms with Gasteiger partial charge in [-0.3, -0.25) is 0 Å². The third-order valence-corrected chi connectivity index (χ3v) is 3.29. The lowest BCUT2D eigenvalue weighted by molar-refractivity contribution is 0.171. The minimum absolute atomic E-state index is 0.312. The normalized spacial score (nSPS) is 24.1. The van der Waals surface area contributed by atoms with Crippen LogP contribution < -0.4 is 0 Å². The number of ether oxygens (including phenoxy) is 1. The van der Waals surface area contributed by atoms with Crippen LogP contribution >= 0.6 is 0 Å². The summed E-state index contributed by atoms with van der Waals surface area (Å²) < 4.78 is 5.52. The van der Waals surface area contributed by atoms with Gasteiger partial charge in [0.05, 0.1) is 0 Å². The molecule has 0 bridgehead atoms. The standard InChI is InChI=1S/C16H21O/c1-14-12-13-17-16(14)11-7-3-6-10-15-8-4-2-5-9-15/h2,4-5,7-9,11,13-14,16H,3,6,10,12H2,1H3/q+1/b11-7+. The Bertz CT molecular complexity index is 342. The van der Waals surface area contributed by atoms with E-state index in [1.54, 1.807) is 0 Å². The Kier molecular flexibility index (Phi) is 4.69. The maximum Gasteiger partial charge on any atom is 0.228 e. The largest absolute Gasteiger partial charge is 0.228 e. The molecule has 1 heteroatoms. The minimum Gasteiger partial charge on any atom is -0.189 e. The van der Waals surface area contributed by atoms with Crippen molar-refractivity contribution in [1.29, 1.82) is 0 Å². The van der Waals surface area contributed by atoms with Crippen LogP contribution in [0.5, 0.6) is 0 Å². The van der Waals surface area contributed by atoms with E-state index in [9.17, 15) is 0 Å². The van der Waals surface area contributed by atoms with Gasteiger partial charge in [-0.1, -0.05) is 49.4 Å². The van der Waals surface area contributed by atoms with Crippen LogP contribution in [0.2, 0.25) is 0 Å². The molecule has 0 aromatic heterocycles. The lowest BCUT2D eigenvalue weighted by atomic mass is 10.0. The summed E-state index contributed by atoms with van der Waals surface area (Å²) in [6.07, 6.45) is 9.40. The summed E-state index contributed by atoms with van der Waals surface area (Å²) in [5, 5.41) is 0. The molecule has 1 heterocycles. The Labute approximate surface area is 104 Å². The van der Waals surface area contributed by atoms with Crippen molar-refractivity contribution in [2.75, 3.05) is 0 Å². The number of allylic oxidation sites excluding steroid dienone is 1. The van der Waals surface area contributed by atoms with Crippen LogP contribution in [0.25, 0.3) is 0 Å². The van der Waals surface area contributed by atoms with Crippen LogP contribution in [-0.2, 0) is 11.2 Å². The van der Waals surface area contributed by atoms with Crippen LogP contribution in [0, 0.1) is 12.5 Å². The number of unbranched alkanes of at least 4 members (excludes halogenated alkanes) is 1. The molecule has 0 aliphatic carbocycles. The minimum atomic E-state index is 0.312. The van der Waals surface area contributed by atoms with Crippen molar-refractivity contribution in [3.8, 4) is 0 Å². The molecule has 2 atom stereocenters. The maximum absolute atomic E-state index is 5.52. The van der Waals surface area contributed by atoms with Gasteiger partial charge in [-0.25, -0.2) is 0 Å². The molecule has 1 aliphatic rings. The van der Waals surface area contributed by atoms with E-state index in [0.29, 0.717) is 12.0 Å². The summed E-state index contributed by atoms with van der Waals surface area (Å²) in [6, 6.07) is 10.7. The third kappa shape index (κ3) is 3.94. The van der Waals surface area contributed by atoms with Crippen molar-refractivity contribution in [2.45, 2.75) is 38.7 Å². The van der Waals surface area contributed by atoms with E-state index in [0.717, 1.165) is 12.8 Å². The smallest absolute Gasteiger partial charge is 0.189 e. The fourth-order valence-corrected chi connectivity index (χ4v) is 2.12. The Balaban J connectivity index is 1.64. The summed E-state index contributed by atoms with van der Waals surface area (Å²) in [5.74, 6) is 0.639. The van der Waals surface area contributed by atoms with Crippen molar-refractivity contribution in [2.24, 2.45) is 5.92 Å². The highest BCUT2D eigenvalue weighted by molar-refractivity contribution is 5.14. The first-order valence-corrected chi connectivity index (χ1v) is 6.54. The van der Waals surface area contributed by atoms with Gasteiger partial charge in [0.25, 0.3) is 0 Å². The average Bonchev–Trinajstić information content (AvgIpc) is 2.76.